The quantitative estimate of drug-likeness (QED) is 0.211. The number of nitrogens with zero attached hydrogens (tertiary/aromatic N) is 8. The van der Waals surface area contributed by atoms with Gasteiger partial charge in [0.05, 0.1) is 42.5 Å². The number of aromatic nitrogens is 4. The number of rotatable bonds is 6. The number of amides is 2. The number of nitrogens with two attached hydrogens (primary N) is 1. The third kappa shape index (κ3) is 9.88. The molecule has 0 saturated carbocycles. The number of benzene rings is 2. The molecule has 0 bridgehead atoms. The molecule has 4 aromatic rings. The van der Waals surface area contributed by atoms with Gasteiger partial charge >= 0.3 is 5.97 Å². The number of hydrogen-bond acceptors (Lipinski definition) is 11. The average molecular weight is 804 g/mol. The summed E-state index contributed by atoms with van der Waals surface area (Å²) in [5, 5.41) is 35.5. The molecule has 2 atom stereocenters. The fraction of sp³-hybridized carbons (Fsp3) is 0.371. The smallest absolute Gasteiger partial charge is 0.357 e. The Morgan fingerprint density at radius 3 is 1.55 bits per heavy atom. The highest BCUT2D eigenvalue weighted by Gasteiger charge is 2.48. The first-order valence-corrected chi connectivity index (χ1v) is 16.4. The molecule has 6 rings (SSSR count). The van der Waals surface area contributed by atoms with Gasteiger partial charge in [-0.2, -0.15) is 20.7 Å². The van der Waals surface area contributed by atoms with Crippen LogP contribution in [0.3, 0.4) is 0 Å². The summed E-state index contributed by atoms with van der Waals surface area (Å²) in [5.74, 6) is -8.96. The largest absolute Gasteiger partial charge is 0.476 e. The third-order valence-electron chi connectivity index (χ3n) is 8.60. The molecule has 2 fully saturated rings. The van der Waals surface area contributed by atoms with E-state index in [1.165, 1.54) is 14.1 Å². The van der Waals surface area contributed by atoms with Crippen LogP contribution in [0.15, 0.2) is 58.1 Å². The highest BCUT2D eigenvalue weighted by atomic mass is 35.5. The van der Waals surface area contributed by atoms with Gasteiger partial charge in [-0.1, -0.05) is 36.4 Å². The summed E-state index contributed by atoms with van der Waals surface area (Å²) in [5.41, 5.74) is 4.31. The van der Waals surface area contributed by atoms with Gasteiger partial charge in [0.2, 0.25) is 11.8 Å². The highest BCUT2D eigenvalue weighted by molar-refractivity contribution is 6.06. The topological polar surface area (TPSA) is 238 Å². The van der Waals surface area contributed by atoms with E-state index >= 15 is 0 Å². The van der Waals surface area contributed by atoms with Crippen LogP contribution in [-0.2, 0) is 23.7 Å². The molecule has 4 heterocycles. The van der Waals surface area contributed by atoms with E-state index in [0.717, 1.165) is 19.2 Å². The molecule has 21 heteroatoms. The zero-order chi connectivity index (χ0) is 40.8. The van der Waals surface area contributed by atoms with Crippen LogP contribution in [0.25, 0.3) is 21.5 Å². The maximum Gasteiger partial charge on any atom is 0.357 e. The first-order valence-electron chi connectivity index (χ1n) is 16.4. The third-order valence-corrected chi connectivity index (χ3v) is 8.60. The van der Waals surface area contributed by atoms with Crippen molar-refractivity contribution in [2.24, 2.45) is 19.8 Å². The summed E-state index contributed by atoms with van der Waals surface area (Å²) in [4.78, 5) is 72.0. The minimum atomic E-state index is -3.10. The molecule has 2 aromatic heterocycles. The van der Waals surface area contributed by atoms with Crippen LogP contribution >= 0.6 is 12.4 Å². The van der Waals surface area contributed by atoms with Gasteiger partial charge in [0.1, 0.15) is 17.8 Å². The Morgan fingerprint density at radius 1 is 0.750 bits per heavy atom. The molecular formula is C35H34ClF4N9O7. The number of aromatic carboxylic acids is 1. The number of carboxylic acid groups (broad SMARTS) is 1. The standard InChI is InChI=1S/C18H16F2N4O3.C10H8N2O3.C7H9F2N3O.ClH/c1-23-17(27)13-5-3-2-4-12(13)16(22-23)14(25)6-7-15(26)24-10-18(19,20)8-11(24)9-21;1-12-9(13)7-5-3-2-4-6(7)8(11-12)10(14)15;8-7(9)1-5(2-10)12(4-7)6(13)3-11;/h2-5,11H,6-8,10H2,1H3;2-5H,1H3,(H,14,15);5H,1,3-4,11H2;1H/t11-;;5-;/m0.0./s1. The lowest BCUT2D eigenvalue weighted by Crippen LogP contribution is -2.39. The zero-order valence-corrected chi connectivity index (χ0v) is 30.5. The fourth-order valence-electron chi connectivity index (χ4n) is 5.95. The number of alkyl halides is 4. The number of aryl methyl sites for hydroxylation is 2. The van der Waals surface area contributed by atoms with Crippen molar-refractivity contribution < 1.29 is 41.8 Å². The highest BCUT2D eigenvalue weighted by Crippen LogP contribution is 2.33. The number of Topliss-reactive ketones (excluding diaryl/α,β-unsaturated/α-hetero) is 1. The minimum Gasteiger partial charge on any atom is -0.476 e. The van der Waals surface area contributed by atoms with Crippen molar-refractivity contribution in [2.75, 3.05) is 19.6 Å². The molecule has 296 valence electrons. The second kappa shape index (κ2) is 17.9. The Morgan fingerprint density at radius 2 is 1.14 bits per heavy atom. The Balaban J connectivity index is 0.000000245. The van der Waals surface area contributed by atoms with Crippen LogP contribution in [0, 0.1) is 22.7 Å². The van der Waals surface area contributed by atoms with E-state index in [-0.39, 0.29) is 54.3 Å². The van der Waals surface area contributed by atoms with Gasteiger partial charge in [-0.3, -0.25) is 24.0 Å². The SMILES string of the molecule is Cl.Cn1nc(C(=O)CCC(=O)N2CC(F)(F)C[C@H]2C#N)c2ccccc2c1=O.Cn1nc(C(=O)O)c2ccccc2c1=O.N#C[C@@H]1CC(F)(F)CN1C(=O)CN. The molecule has 2 aliphatic rings. The van der Waals surface area contributed by atoms with E-state index in [0.29, 0.717) is 21.5 Å². The molecule has 0 radical (unpaired) electrons. The van der Waals surface area contributed by atoms with Crippen molar-refractivity contribution in [2.45, 2.75) is 49.6 Å². The summed E-state index contributed by atoms with van der Waals surface area (Å²) in [6, 6.07) is 14.1. The lowest BCUT2D eigenvalue weighted by molar-refractivity contribution is -0.132. The Labute approximate surface area is 320 Å². The fourth-order valence-corrected chi connectivity index (χ4v) is 5.95. The van der Waals surface area contributed by atoms with E-state index in [2.05, 4.69) is 10.2 Å². The number of nitriles is 2. The van der Waals surface area contributed by atoms with Crippen molar-refractivity contribution in [3.63, 3.8) is 0 Å². The van der Waals surface area contributed by atoms with Crippen molar-refractivity contribution in [1.82, 2.24) is 29.4 Å². The van der Waals surface area contributed by atoms with Crippen molar-refractivity contribution >= 4 is 57.5 Å². The van der Waals surface area contributed by atoms with E-state index in [9.17, 15) is 46.3 Å². The predicted molar refractivity (Wildman–Crippen MR) is 192 cm³/mol. The van der Waals surface area contributed by atoms with Gasteiger partial charge < -0.3 is 20.6 Å². The van der Waals surface area contributed by atoms with Gasteiger partial charge in [-0.05, 0) is 12.1 Å². The Bertz CT molecular complexity index is 2380. The number of carboxylic acids is 1. The number of carbonyl (C=O) groups is 4. The van der Waals surface area contributed by atoms with Crippen molar-refractivity contribution in [3.8, 4) is 12.1 Å². The van der Waals surface area contributed by atoms with Crippen LogP contribution in [0.2, 0.25) is 0 Å². The first-order chi connectivity index (χ1) is 25.8. The molecule has 3 N–H and O–H groups in total. The number of likely N-dealkylation sites (tertiary alicyclic amines) is 2. The summed E-state index contributed by atoms with van der Waals surface area (Å²) in [7, 11) is 2.85. The van der Waals surface area contributed by atoms with Gasteiger partial charge in [0, 0.05) is 50.6 Å². The summed E-state index contributed by atoms with van der Waals surface area (Å²) in [6.07, 6.45) is -1.86. The van der Waals surface area contributed by atoms with Crippen LogP contribution in [0.5, 0.6) is 0 Å². The minimum absolute atomic E-state index is 0. The molecule has 2 aromatic carbocycles. The van der Waals surface area contributed by atoms with E-state index in [1.54, 1.807) is 60.7 Å². The zero-order valence-electron chi connectivity index (χ0n) is 29.7. The van der Waals surface area contributed by atoms with E-state index in [1.807, 2.05) is 0 Å². The summed E-state index contributed by atoms with van der Waals surface area (Å²) in [6.45, 7) is -1.85. The number of hydrogen-bond donors (Lipinski definition) is 2. The lowest BCUT2D eigenvalue weighted by Gasteiger charge is -2.18. The Kier molecular flexibility index (Phi) is 14.1. The van der Waals surface area contributed by atoms with Gasteiger partial charge in [-0.15, -0.1) is 12.4 Å². The number of carbonyl (C=O) groups excluding carboxylic acids is 3. The molecule has 16 nitrogen and oxygen atoms in total. The number of ketones is 1. The molecule has 0 spiro atoms. The second-order valence-corrected chi connectivity index (χ2v) is 12.5. The first kappa shape index (κ1) is 44.1. The van der Waals surface area contributed by atoms with Gasteiger partial charge in [0.15, 0.2) is 11.5 Å². The van der Waals surface area contributed by atoms with Gasteiger partial charge in [0.25, 0.3) is 23.0 Å². The van der Waals surface area contributed by atoms with E-state index < -0.39 is 73.4 Å². The monoisotopic (exact) mass is 803 g/mol. The summed E-state index contributed by atoms with van der Waals surface area (Å²) >= 11 is 0. The van der Waals surface area contributed by atoms with Crippen molar-refractivity contribution in [3.05, 3.63) is 80.6 Å². The van der Waals surface area contributed by atoms with Crippen LogP contribution in [0.4, 0.5) is 17.6 Å². The maximum atomic E-state index is 13.5. The number of fused-ring (bicyclic) bond motifs is 2. The molecule has 0 unspecified atom stereocenters. The van der Waals surface area contributed by atoms with E-state index in [4.69, 9.17) is 21.4 Å². The summed E-state index contributed by atoms with van der Waals surface area (Å²) < 4.78 is 54.5. The molecular weight excluding hydrogens is 770 g/mol. The van der Waals surface area contributed by atoms with Crippen LogP contribution in [-0.4, -0.2) is 102 Å². The molecule has 2 aliphatic heterocycles. The van der Waals surface area contributed by atoms with Crippen molar-refractivity contribution in [1.29, 1.82) is 10.5 Å². The molecule has 2 saturated heterocycles. The maximum absolute atomic E-state index is 13.5. The van der Waals surface area contributed by atoms with Crippen LogP contribution < -0.4 is 16.9 Å². The number of halogens is 5. The lowest BCUT2D eigenvalue weighted by atomic mass is 10.1. The molecule has 56 heavy (non-hydrogen) atoms. The predicted octanol–water partition coefficient (Wildman–Crippen LogP) is 2.41. The second-order valence-electron chi connectivity index (χ2n) is 12.5. The normalized spacial score (nSPS) is 17.7. The molecule has 2 amide bonds. The average Bonchev–Trinajstić information content (AvgIpc) is 3.67. The Hall–Kier alpha value is -6.25. The van der Waals surface area contributed by atoms with Crippen LogP contribution in [0.1, 0.15) is 46.7 Å². The van der Waals surface area contributed by atoms with Gasteiger partial charge in [-0.25, -0.2) is 31.7 Å². The molecule has 0 aliphatic carbocycles.